The van der Waals surface area contributed by atoms with Gasteiger partial charge in [-0.2, -0.15) is 24.9 Å². The van der Waals surface area contributed by atoms with Crippen LogP contribution in [0.3, 0.4) is 0 Å². The number of amides is 3. The number of hydrogen-bond acceptors (Lipinski definition) is 7. The molecule has 2 aliphatic heterocycles. The van der Waals surface area contributed by atoms with Gasteiger partial charge in [0.25, 0.3) is 0 Å². The number of carbonyl (C=O) groups is 5. The summed E-state index contributed by atoms with van der Waals surface area (Å²) in [6, 6.07) is 5.71. The van der Waals surface area contributed by atoms with Gasteiger partial charge in [-0.05, 0) is 48.3 Å². The van der Waals surface area contributed by atoms with Crippen LogP contribution in [0, 0.1) is 5.92 Å². The quantitative estimate of drug-likeness (QED) is 0.232. The van der Waals surface area contributed by atoms with Crippen molar-refractivity contribution in [3.63, 3.8) is 0 Å². The molecule has 240 valence electrons. The summed E-state index contributed by atoms with van der Waals surface area (Å²) >= 11 is 1.54. The van der Waals surface area contributed by atoms with Gasteiger partial charge in [-0.15, -0.1) is 0 Å². The lowest BCUT2D eigenvalue weighted by atomic mass is 9.91. The zero-order valence-corrected chi connectivity index (χ0v) is 25.1. The third kappa shape index (κ3) is 11.0. The van der Waals surface area contributed by atoms with E-state index >= 15 is 0 Å². The van der Waals surface area contributed by atoms with Crippen LogP contribution in [0.25, 0.3) is 0 Å². The van der Waals surface area contributed by atoms with Crippen molar-refractivity contribution in [2.45, 2.75) is 82.8 Å². The van der Waals surface area contributed by atoms with Crippen molar-refractivity contribution in [1.29, 1.82) is 0 Å². The van der Waals surface area contributed by atoms with Crippen LogP contribution in [0.15, 0.2) is 24.3 Å². The molecular formula is C28H39F3N4O7S. The average Bonchev–Trinajstić information content (AvgIpc) is 3.39. The van der Waals surface area contributed by atoms with Crippen LogP contribution in [0.2, 0.25) is 0 Å². The van der Waals surface area contributed by atoms with Crippen LogP contribution < -0.4 is 16.0 Å². The first-order valence-electron chi connectivity index (χ1n) is 13.9. The number of aliphatic carboxylic acids is 2. The molecule has 0 bridgehead atoms. The molecule has 5 N–H and O–H groups in total. The largest absolute Gasteiger partial charge is 0.490 e. The summed E-state index contributed by atoms with van der Waals surface area (Å²) < 4.78 is 31.7. The molecule has 0 unspecified atom stereocenters. The second kappa shape index (κ2) is 16.5. The number of alkyl halides is 3. The molecule has 0 saturated carbocycles. The van der Waals surface area contributed by atoms with Gasteiger partial charge >= 0.3 is 18.1 Å². The van der Waals surface area contributed by atoms with E-state index in [1.54, 1.807) is 11.8 Å². The zero-order chi connectivity index (χ0) is 32.3. The molecule has 15 heteroatoms. The maximum atomic E-state index is 13.4. The number of benzene rings is 1. The Balaban J connectivity index is 0.000000821. The lowest BCUT2D eigenvalue weighted by molar-refractivity contribution is -0.192. The Morgan fingerprint density at radius 1 is 1.12 bits per heavy atom. The minimum Gasteiger partial charge on any atom is -0.480 e. The highest BCUT2D eigenvalue weighted by Gasteiger charge is 2.38. The van der Waals surface area contributed by atoms with Gasteiger partial charge in [0.1, 0.15) is 12.1 Å². The number of carbonyl (C=O) groups excluding carboxylic acids is 3. The molecule has 1 aromatic carbocycles. The van der Waals surface area contributed by atoms with Crippen molar-refractivity contribution < 1.29 is 47.4 Å². The lowest BCUT2D eigenvalue weighted by Gasteiger charge is -2.40. The van der Waals surface area contributed by atoms with Crippen LogP contribution in [0.5, 0.6) is 0 Å². The first kappa shape index (κ1) is 35.9. The Kier molecular flexibility index (Phi) is 13.8. The van der Waals surface area contributed by atoms with Crippen molar-refractivity contribution in [2.24, 2.45) is 5.92 Å². The predicted molar refractivity (Wildman–Crippen MR) is 153 cm³/mol. The number of thioether (sulfide) groups is 1. The van der Waals surface area contributed by atoms with E-state index in [1.807, 2.05) is 30.5 Å². The molecule has 0 aliphatic carbocycles. The number of nitrogens with one attached hydrogen (secondary N) is 3. The second-order valence-electron chi connectivity index (χ2n) is 10.6. The molecule has 5 atom stereocenters. The SMILES string of the molecule is CC[C@H](C)[C@@H](CN1Cc2ccccc2C[C@H]1C(=O)N[C@@H](CCSC)C(=O)O)NC(=O)[C@@H]1CCC(=O)N1.O=C(O)C(F)(F)F. The standard InChI is InChI=1S/C26H38N4O5S.C2HF3O2/c1-4-16(2)21(29-24(32)19-9-10-23(31)27-19)15-30-14-18-8-6-5-7-17(18)13-22(30)25(33)28-20(26(34)35)11-12-36-3;3-2(4,5)1(6)7/h5-8,16,19-22H,4,9-15H2,1-3H3,(H,27,31)(H,28,33)(H,29,32)(H,34,35);(H,6,7)/t16-,19-,20-,21+,22-;/m0./s1. The van der Waals surface area contributed by atoms with Gasteiger partial charge < -0.3 is 26.2 Å². The Labute approximate surface area is 252 Å². The fourth-order valence-electron chi connectivity index (χ4n) is 4.79. The monoisotopic (exact) mass is 632 g/mol. The molecule has 0 radical (unpaired) electrons. The van der Waals surface area contributed by atoms with E-state index in [2.05, 4.69) is 34.7 Å². The van der Waals surface area contributed by atoms with Crippen molar-refractivity contribution >= 4 is 41.4 Å². The van der Waals surface area contributed by atoms with E-state index in [-0.39, 0.29) is 29.7 Å². The third-order valence-corrected chi connectivity index (χ3v) is 8.16. The van der Waals surface area contributed by atoms with Gasteiger partial charge in [0.2, 0.25) is 17.7 Å². The topological polar surface area (TPSA) is 165 Å². The summed E-state index contributed by atoms with van der Waals surface area (Å²) in [4.78, 5) is 60.6. The molecule has 1 aromatic rings. The zero-order valence-electron chi connectivity index (χ0n) is 24.3. The first-order valence-corrected chi connectivity index (χ1v) is 15.3. The first-order chi connectivity index (χ1) is 20.2. The minimum absolute atomic E-state index is 0.117. The second-order valence-corrected chi connectivity index (χ2v) is 11.5. The molecule has 3 rings (SSSR count). The van der Waals surface area contributed by atoms with Crippen LogP contribution in [0.1, 0.15) is 50.7 Å². The maximum Gasteiger partial charge on any atom is 0.490 e. The van der Waals surface area contributed by atoms with Gasteiger partial charge in [0.15, 0.2) is 0 Å². The molecule has 1 fully saturated rings. The molecule has 1 saturated heterocycles. The Morgan fingerprint density at radius 2 is 1.74 bits per heavy atom. The molecule has 11 nitrogen and oxygen atoms in total. The lowest BCUT2D eigenvalue weighted by Crippen LogP contribution is -2.58. The number of hydrogen-bond donors (Lipinski definition) is 5. The molecule has 43 heavy (non-hydrogen) atoms. The van der Waals surface area contributed by atoms with Gasteiger partial charge in [-0.1, -0.05) is 44.5 Å². The highest BCUT2D eigenvalue weighted by Crippen LogP contribution is 2.25. The van der Waals surface area contributed by atoms with Gasteiger partial charge in [0.05, 0.1) is 6.04 Å². The van der Waals surface area contributed by atoms with Crippen LogP contribution in [-0.4, -0.2) is 93.7 Å². The summed E-state index contributed by atoms with van der Waals surface area (Å²) in [5.41, 5.74) is 2.19. The summed E-state index contributed by atoms with van der Waals surface area (Å²) in [5, 5.41) is 25.4. The summed E-state index contributed by atoms with van der Waals surface area (Å²) in [6.07, 6.45) is -0.702. The van der Waals surface area contributed by atoms with Crippen LogP contribution >= 0.6 is 11.8 Å². The highest BCUT2D eigenvalue weighted by atomic mass is 32.2. The summed E-state index contributed by atoms with van der Waals surface area (Å²) in [6.45, 7) is 5.09. The molecule has 0 aromatic heterocycles. The normalized spacial score (nSPS) is 20.4. The van der Waals surface area contributed by atoms with Crippen molar-refractivity contribution in [1.82, 2.24) is 20.9 Å². The van der Waals surface area contributed by atoms with E-state index in [9.17, 15) is 37.5 Å². The van der Waals surface area contributed by atoms with Gasteiger partial charge in [-0.3, -0.25) is 19.3 Å². The van der Waals surface area contributed by atoms with Gasteiger partial charge in [0, 0.05) is 25.6 Å². The molecule has 2 aliphatic rings. The Hall–Kier alpha value is -3.33. The van der Waals surface area contributed by atoms with Crippen molar-refractivity contribution in [3.8, 4) is 0 Å². The Morgan fingerprint density at radius 3 is 2.26 bits per heavy atom. The number of halogens is 3. The third-order valence-electron chi connectivity index (χ3n) is 7.52. The number of rotatable bonds is 12. The average molecular weight is 633 g/mol. The van der Waals surface area contributed by atoms with E-state index in [1.165, 1.54) is 0 Å². The minimum atomic E-state index is -5.08. The number of nitrogens with zero attached hydrogens (tertiary/aromatic N) is 1. The smallest absolute Gasteiger partial charge is 0.480 e. The van der Waals surface area contributed by atoms with Crippen LogP contribution in [-0.2, 0) is 36.9 Å². The fraction of sp³-hybridized carbons (Fsp3) is 0.607. The molecule has 3 amide bonds. The summed E-state index contributed by atoms with van der Waals surface area (Å²) in [5.74, 6) is -3.65. The van der Waals surface area contributed by atoms with Crippen LogP contribution in [0.4, 0.5) is 13.2 Å². The van der Waals surface area contributed by atoms with E-state index in [4.69, 9.17) is 9.90 Å². The van der Waals surface area contributed by atoms with E-state index in [0.29, 0.717) is 44.5 Å². The van der Waals surface area contributed by atoms with Gasteiger partial charge in [-0.25, -0.2) is 9.59 Å². The van der Waals surface area contributed by atoms with Crippen molar-refractivity contribution in [3.05, 3.63) is 35.4 Å². The van der Waals surface area contributed by atoms with E-state index in [0.717, 1.165) is 17.5 Å². The fourth-order valence-corrected chi connectivity index (χ4v) is 5.26. The van der Waals surface area contributed by atoms with E-state index < -0.39 is 36.2 Å². The maximum absolute atomic E-state index is 13.4. The molecular weight excluding hydrogens is 593 g/mol. The molecule has 0 spiro atoms. The van der Waals surface area contributed by atoms with Crippen molar-refractivity contribution in [2.75, 3.05) is 18.6 Å². The number of carboxylic acids is 2. The summed E-state index contributed by atoms with van der Waals surface area (Å²) in [7, 11) is 0. The highest BCUT2D eigenvalue weighted by molar-refractivity contribution is 7.98. The number of carboxylic acid groups (broad SMARTS) is 2. The number of fused-ring (bicyclic) bond motifs is 1. The predicted octanol–water partition coefficient (Wildman–Crippen LogP) is 2.18. The Bertz CT molecular complexity index is 1150. The molecule has 2 heterocycles.